The summed E-state index contributed by atoms with van der Waals surface area (Å²) >= 11 is 0. The van der Waals surface area contributed by atoms with Gasteiger partial charge in [-0.3, -0.25) is 4.55 Å². The molecule has 0 bridgehead atoms. The third-order valence-electron chi connectivity index (χ3n) is 2.26. The lowest BCUT2D eigenvalue weighted by Crippen LogP contribution is -2.24. The summed E-state index contributed by atoms with van der Waals surface area (Å²) in [6, 6.07) is 9.26. The fraction of sp³-hybridized carbons (Fsp3) is 0.385. The zero-order chi connectivity index (χ0) is 14.1. The van der Waals surface area contributed by atoms with E-state index in [1.54, 1.807) is 6.08 Å². The molecule has 0 fully saturated rings. The average molecular weight is 286 g/mol. The van der Waals surface area contributed by atoms with Crippen LogP contribution in [0, 0.1) is 0 Å². The molecule has 5 nitrogen and oxygen atoms in total. The molecule has 0 radical (unpaired) electrons. The topological polar surface area (TPSA) is 72.8 Å². The molecule has 0 aliphatic rings. The Morgan fingerprint density at radius 2 is 2.00 bits per heavy atom. The Kier molecular flexibility index (Phi) is 6.55. The Balaban J connectivity index is 2.38. The molecule has 0 heterocycles. The molecule has 19 heavy (non-hydrogen) atoms. The number of para-hydroxylation sites is 1. The molecule has 0 saturated carbocycles. The maximum Gasteiger partial charge on any atom is 0.267 e. The Labute approximate surface area is 113 Å². The Morgan fingerprint density at radius 3 is 2.58 bits per heavy atom. The zero-order valence-corrected chi connectivity index (χ0v) is 11.4. The van der Waals surface area contributed by atoms with Gasteiger partial charge in [-0.05, 0) is 12.1 Å². The first-order valence-electron chi connectivity index (χ1n) is 5.87. The third-order valence-corrected chi connectivity index (χ3v) is 2.95. The fourth-order valence-electron chi connectivity index (χ4n) is 1.41. The van der Waals surface area contributed by atoms with Gasteiger partial charge in [0.2, 0.25) is 0 Å². The molecule has 1 N–H and O–H groups in total. The smallest absolute Gasteiger partial charge is 0.267 e. The molecule has 1 atom stereocenters. The van der Waals surface area contributed by atoms with Crippen molar-refractivity contribution in [2.45, 2.75) is 12.5 Å². The standard InChI is InChI=1S/C13H18O5S/c1-2-6-13(11-17-9-10-19(14,15)16)18-12-7-4-3-5-8-12/h2-5,7-8,13H,1,6,9-11H2,(H,14,15,16). The van der Waals surface area contributed by atoms with Crippen LogP contribution in [0.2, 0.25) is 0 Å². The molecule has 0 saturated heterocycles. The van der Waals surface area contributed by atoms with Gasteiger partial charge < -0.3 is 9.47 Å². The van der Waals surface area contributed by atoms with Crippen LogP contribution in [0.15, 0.2) is 43.0 Å². The number of hydrogen-bond acceptors (Lipinski definition) is 4. The molecule has 0 aliphatic heterocycles. The summed E-state index contributed by atoms with van der Waals surface area (Å²) < 4.78 is 40.5. The van der Waals surface area contributed by atoms with Crippen molar-refractivity contribution in [1.29, 1.82) is 0 Å². The molecule has 0 amide bonds. The van der Waals surface area contributed by atoms with Gasteiger partial charge in [-0.1, -0.05) is 24.3 Å². The van der Waals surface area contributed by atoms with Crippen LogP contribution in [-0.4, -0.2) is 38.0 Å². The quantitative estimate of drug-likeness (QED) is 0.426. The minimum atomic E-state index is -3.98. The molecule has 0 spiro atoms. The first-order chi connectivity index (χ1) is 9.01. The van der Waals surface area contributed by atoms with Gasteiger partial charge in [0.1, 0.15) is 11.9 Å². The van der Waals surface area contributed by atoms with Crippen molar-refractivity contribution in [1.82, 2.24) is 0 Å². The highest BCUT2D eigenvalue weighted by Gasteiger charge is 2.10. The van der Waals surface area contributed by atoms with Gasteiger partial charge in [-0.15, -0.1) is 6.58 Å². The normalized spacial score (nSPS) is 12.9. The summed E-state index contributed by atoms with van der Waals surface area (Å²) in [4.78, 5) is 0. The van der Waals surface area contributed by atoms with Gasteiger partial charge in [0.15, 0.2) is 0 Å². The van der Waals surface area contributed by atoms with E-state index in [4.69, 9.17) is 14.0 Å². The van der Waals surface area contributed by atoms with Crippen LogP contribution in [0.25, 0.3) is 0 Å². The first kappa shape index (κ1) is 15.7. The van der Waals surface area contributed by atoms with E-state index in [1.165, 1.54) is 0 Å². The lowest BCUT2D eigenvalue weighted by atomic mass is 10.2. The summed E-state index contributed by atoms with van der Waals surface area (Å²) in [7, 11) is -3.98. The zero-order valence-electron chi connectivity index (χ0n) is 10.6. The molecular formula is C13H18O5S. The molecular weight excluding hydrogens is 268 g/mol. The Hall–Kier alpha value is -1.37. The summed E-state index contributed by atoms with van der Waals surface area (Å²) in [6.07, 6.45) is 2.06. The molecule has 1 aromatic carbocycles. The van der Waals surface area contributed by atoms with Gasteiger partial charge >= 0.3 is 0 Å². The van der Waals surface area contributed by atoms with E-state index in [0.29, 0.717) is 12.2 Å². The Bertz CT molecular complexity index is 469. The van der Waals surface area contributed by atoms with Crippen LogP contribution in [0.5, 0.6) is 5.75 Å². The molecule has 1 unspecified atom stereocenters. The first-order valence-corrected chi connectivity index (χ1v) is 7.47. The lowest BCUT2D eigenvalue weighted by Gasteiger charge is -2.17. The van der Waals surface area contributed by atoms with Crippen LogP contribution >= 0.6 is 0 Å². The van der Waals surface area contributed by atoms with E-state index >= 15 is 0 Å². The lowest BCUT2D eigenvalue weighted by molar-refractivity contribution is 0.0585. The summed E-state index contributed by atoms with van der Waals surface area (Å²) in [6.45, 7) is 3.81. The maximum atomic E-state index is 10.5. The molecule has 1 aromatic rings. The van der Waals surface area contributed by atoms with Gasteiger partial charge in [0, 0.05) is 6.42 Å². The number of benzene rings is 1. The predicted octanol–water partition coefficient (Wildman–Crippen LogP) is 1.91. The summed E-state index contributed by atoms with van der Waals surface area (Å²) in [5, 5.41) is 0. The SMILES string of the molecule is C=CCC(COCCS(=O)(=O)O)Oc1ccccc1. The fourth-order valence-corrected chi connectivity index (χ4v) is 1.74. The minimum absolute atomic E-state index is 0.0649. The summed E-state index contributed by atoms with van der Waals surface area (Å²) in [5.41, 5.74) is 0. The summed E-state index contributed by atoms with van der Waals surface area (Å²) in [5.74, 6) is 0.298. The Morgan fingerprint density at radius 1 is 1.32 bits per heavy atom. The highest BCUT2D eigenvalue weighted by molar-refractivity contribution is 7.85. The van der Waals surface area contributed by atoms with Gasteiger partial charge in [-0.2, -0.15) is 8.42 Å². The van der Waals surface area contributed by atoms with Crippen molar-refractivity contribution in [3.63, 3.8) is 0 Å². The van der Waals surface area contributed by atoms with E-state index in [2.05, 4.69) is 6.58 Å². The molecule has 0 aromatic heterocycles. The second kappa shape index (κ2) is 7.93. The van der Waals surface area contributed by atoms with Crippen molar-refractivity contribution in [3.8, 4) is 5.75 Å². The monoisotopic (exact) mass is 286 g/mol. The van der Waals surface area contributed by atoms with E-state index in [-0.39, 0.29) is 19.3 Å². The highest BCUT2D eigenvalue weighted by atomic mass is 32.2. The molecule has 6 heteroatoms. The molecule has 106 valence electrons. The van der Waals surface area contributed by atoms with Crippen molar-refractivity contribution in [2.24, 2.45) is 0 Å². The van der Waals surface area contributed by atoms with Crippen molar-refractivity contribution in [3.05, 3.63) is 43.0 Å². The van der Waals surface area contributed by atoms with E-state index in [9.17, 15) is 8.42 Å². The largest absolute Gasteiger partial charge is 0.488 e. The van der Waals surface area contributed by atoms with E-state index < -0.39 is 15.9 Å². The maximum absolute atomic E-state index is 10.5. The minimum Gasteiger partial charge on any atom is -0.488 e. The third kappa shape index (κ3) is 7.61. The van der Waals surface area contributed by atoms with Gasteiger partial charge in [0.05, 0.1) is 19.0 Å². The van der Waals surface area contributed by atoms with E-state index in [1.807, 2.05) is 30.3 Å². The van der Waals surface area contributed by atoms with Gasteiger partial charge in [0.25, 0.3) is 10.1 Å². The van der Waals surface area contributed by atoms with Crippen LogP contribution in [0.4, 0.5) is 0 Å². The average Bonchev–Trinajstić information content (AvgIpc) is 2.35. The van der Waals surface area contributed by atoms with Crippen molar-refractivity contribution >= 4 is 10.1 Å². The van der Waals surface area contributed by atoms with Crippen molar-refractivity contribution in [2.75, 3.05) is 19.0 Å². The van der Waals surface area contributed by atoms with Crippen LogP contribution in [0.1, 0.15) is 6.42 Å². The second-order valence-corrected chi connectivity index (χ2v) is 5.51. The predicted molar refractivity (Wildman–Crippen MR) is 72.9 cm³/mol. The van der Waals surface area contributed by atoms with Crippen LogP contribution < -0.4 is 4.74 Å². The van der Waals surface area contributed by atoms with Gasteiger partial charge in [-0.25, -0.2) is 0 Å². The highest BCUT2D eigenvalue weighted by Crippen LogP contribution is 2.13. The van der Waals surface area contributed by atoms with Crippen LogP contribution in [0.3, 0.4) is 0 Å². The molecule has 0 aliphatic carbocycles. The number of rotatable bonds is 9. The van der Waals surface area contributed by atoms with Crippen LogP contribution in [-0.2, 0) is 14.9 Å². The number of ether oxygens (including phenoxy) is 2. The van der Waals surface area contributed by atoms with E-state index in [0.717, 1.165) is 0 Å². The van der Waals surface area contributed by atoms with Crippen molar-refractivity contribution < 1.29 is 22.4 Å². The second-order valence-electron chi connectivity index (χ2n) is 3.94. The molecule has 1 rings (SSSR count). The number of hydrogen-bond donors (Lipinski definition) is 1.